The van der Waals surface area contributed by atoms with Crippen molar-refractivity contribution in [2.45, 2.75) is 19.4 Å². The number of ether oxygens (including phenoxy) is 1. The number of hydrogen-bond acceptors (Lipinski definition) is 6. The van der Waals surface area contributed by atoms with Gasteiger partial charge < -0.3 is 14.5 Å². The highest BCUT2D eigenvalue weighted by molar-refractivity contribution is 7.13. The molecule has 0 spiro atoms. The summed E-state index contributed by atoms with van der Waals surface area (Å²) >= 11 is 1.59. The predicted octanol–water partition coefficient (Wildman–Crippen LogP) is 3.11. The van der Waals surface area contributed by atoms with Crippen molar-refractivity contribution in [3.8, 4) is 16.3 Å². The summed E-state index contributed by atoms with van der Waals surface area (Å²) in [5.41, 5.74) is 1.79. The molecule has 0 aliphatic carbocycles. The highest BCUT2D eigenvalue weighted by Gasteiger charge is 2.21. The summed E-state index contributed by atoms with van der Waals surface area (Å²) in [5.74, 6) is 0.976. The van der Waals surface area contributed by atoms with Gasteiger partial charge >= 0.3 is 0 Å². The molecule has 2 aromatic heterocycles. The number of hydrogen-bond donors (Lipinski definition) is 0. The summed E-state index contributed by atoms with van der Waals surface area (Å²) in [6, 6.07) is 15.2. The van der Waals surface area contributed by atoms with Gasteiger partial charge in [-0.05, 0) is 48.2 Å². The predicted molar refractivity (Wildman–Crippen MR) is 123 cm³/mol. The molecule has 8 heteroatoms. The Balaban J connectivity index is 1.26. The molecule has 1 aliphatic rings. The lowest BCUT2D eigenvalue weighted by Gasteiger charge is -2.36. The first-order chi connectivity index (χ1) is 15.1. The van der Waals surface area contributed by atoms with Crippen LogP contribution in [0, 0.1) is 0 Å². The van der Waals surface area contributed by atoms with Crippen LogP contribution >= 0.6 is 11.3 Å². The number of rotatable bonds is 7. The molecule has 1 fully saturated rings. The fourth-order valence-corrected chi connectivity index (χ4v) is 4.40. The fourth-order valence-electron chi connectivity index (χ4n) is 3.71. The van der Waals surface area contributed by atoms with Crippen LogP contribution < -0.4 is 15.2 Å². The van der Waals surface area contributed by atoms with Gasteiger partial charge in [-0.1, -0.05) is 6.07 Å². The summed E-state index contributed by atoms with van der Waals surface area (Å²) in [7, 11) is 1.66. The second-order valence-corrected chi connectivity index (χ2v) is 8.37. The molecule has 162 valence electrons. The van der Waals surface area contributed by atoms with E-state index in [1.807, 2.05) is 46.7 Å². The molecule has 1 aliphatic heterocycles. The van der Waals surface area contributed by atoms with Crippen LogP contribution in [-0.4, -0.2) is 53.9 Å². The lowest BCUT2D eigenvalue weighted by molar-refractivity contribution is -0.131. The molecule has 0 radical (unpaired) electrons. The van der Waals surface area contributed by atoms with Crippen molar-refractivity contribution >= 4 is 22.9 Å². The highest BCUT2D eigenvalue weighted by Crippen LogP contribution is 2.22. The number of thiophene rings is 1. The van der Waals surface area contributed by atoms with Gasteiger partial charge in [0, 0.05) is 50.9 Å². The Kier molecular flexibility index (Phi) is 6.66. The van der Waals surface area contributed by atoms with E-state index in [1.54, 1.807) is 30.6 Å². The van der Waals surface area contributed by atoms with Gasteiger partial charge in [0.1, 0.15) is 11.4 Å². The molecule has 3 aromatic rings. The van der Waals surface area contributed by atoms with Gasteiger partial charge in [0.2, 0.25) is 5.91 Å². The molecule has 3 heterocycles. The van der Waals surface area contributed by atoms with E-state index < -0.39 is 0 Å². The molecule has 7 nitrogen and oxygen atoms in total. The SMILES string of the molecule is COc1ccc(N2CCN(C(=O)CCCn3nc(-c4cccs4)ccc3=O)CC2)cc1. The van der Waals surface area contributed by atoms with Crippen LogP contribution in [0.2, 0.25) is 0 Å². The number of amides is 1. The van der Waals surface area contributed by atoms with Gasteiger partial charge in [-0.25, -0.2) is 4.68 Å². The minimum atomic E-state index is -0.138. The van der Waals surface area contributed by atoms with Gasteiger partial charge in [0.05, 0.1) is 12.0 Å². The molecule has 0 unspecified atom stereocenters. The summed E-state index contributed by atoms with van der Waals surface area (Å²) < 4.78 is 6.67. The van der Waals surface area contributed by atoms with Crippen LogP contribution in [0.15, 0.2) is 58.7 Å². The minimum Gasteiger partial charge on any atom is -0.497 e. The smallest absolute Gasteiger partial charge is 0.266 e. The average molecular weight is 439 g/mol. The fraction of sp³-hybridized carbons (Fsp3) is 0.348. The zero-order valence-corrected chi connectivity index (χ0v) is 18.4. The van der Waals surface area contributed by atoms with E-state index in [2.05, 4.69) is 10.00 Å². The monoisotopic (exact) mass is 438 g/mol. The summed E-state index contributed by atoms with van der Waals surface area (Å²) in [6.07, 6.45) is 1.01. The maximum Gasteiger partial charge on any atom is 0.266 e. The van der Waals surface area contributed by atoms with Crippen LogP contribution in [0.1, 0.15) is 12.8 Å². The molecular weight excluding hydrogens is 412 g/mol. The number of methoxy groups -OCH3 is 1. The maximum absolute atomic E-state index is 12.6. The Hall–Kier alpha value is -3.13. The van der Waals surface area contributed by atoms with Crippen molar-refractivity contribution in [1.29, 1.82) is 0 Å². The molecule has 0 bridgehead atoms. The first-order valence-corrected chi connectivity index (χ1v) is 11.3. The Morgan fingerprint density at radius 2 is 1.84 bits per heavy atom. The Morgan fingerprint density at radius 1 is 1.06 bits per heavy atom. The number of benzene rings is 1. The molecule has 1 saturated heterocycles. The van der Waals surface area contributed by atoms with E-state index in [0.717, 1.165) is 35.1 Å². The maximum atomic E-state index is 12.6. The molecule has 1 aromatic carbocycles. The van der Waals surface area contributed by atoms with Crippen molar-refractivity contribution in [3.63, 3.8) is 0 Å². The molecule has 0 atom stereocenters. The van der Waals surface area contributed by atoms with Gasteiger partial charge in [-0.2, -0.15) is 5.10 Å². The van der Waals surface area contributed by atoms with Crippen molar-refractivity contribution in [2.75, 3.05) is 38.2 Å². The van der Waals surface area contributed by atoms with Crippen LogP contribution in [0.3, 0.4) is 0 Å². The Labute approximate surface area is 185 Å². The second kappa shape index (κ2) is 9.78. The minimum absolute atomic E-state index is 0.136. The molecule has 0 N–H and O–H groups in total. The average Bonchev–Trinajstić information content (AvgIpc) is 3.35. The van der Waals surface area contributed by atoms with Gasteiger partial charge in [0.15, 0.2) is 0 Å². The van der Waals surface area contributed by atoms with Crippen LogP contribution in [0.4, 0.5) is 5.69 Å². The number of carbonyl (C=O) groups is 1. The Bertz CT molecular complexity index is 1060. The van der Waals surface area contributed by atoms with Crippen LogP contribution in [0.5, 0.6) is 5.75 Å². The summed E-state index contributed by atoms with van der Waals surface area (Å²) in [6.45, 7) is 3.47. The van der Waals surface area contributed by atoms with Crippen LogP contribution in [0.25, 0.3) is 10.6 Å². The number of piperazine rings is 1. The quantitative estimate of drug-likeness (QED) is 0.567. The first-order valence-electron chi connectivity index (χ1n) is 10.4. The largest absolute Gasteiger partial charge is 0.497 e. The zero-order valence-electron chi connectivity index (χ0n) is 17.6. The molecule has 4 rings (SSSR count). The van der Waals surface area contributed by atoms with E-state index in [4.69, 9.17) is 4.74 Å². The number of aromatic nitrogens is 2. The standard InChI is InChI=1S/C23H26N4O3S/c1-30-19-8-6-18(7-9-19)25-13-15-26(16-14-25)22(28)5-2-12-27-23(29)11-10-20(24-27)21-4-3-17-31-21/h3-4,6-11,17H,2,5,12-16H2,1H3. The topological polar surface area (TPSA) is 67.7 Å². The van der Waals surface area contributed by atoms with E-state index >= 15 is 0 Å². The summed E-state index contributed by atoms with van der Waals surface area (Å²) in [4.78, 5) is 30.0. The van der Waals surface area contributed by atoms with Crippen molar-refractivity contribution < 1.29 is 9.53 Å². The molecule has 1 amide bonds. The second-order valence-electron chi connectivity index (χ2n) is 7.43. The first kappa shape index (κ1) is 21.1. The number of carbonyl (C=O) groups excluding carboxylic acids is 1. The van der Waals surface area contributed by atoms with Crippen molar-refractivity contribution in [3.05, 3.63) is 64.3 Å². The number of anilines is 1. The molecular formula is C23H26N4O3S. The summed E-state index contributed by atoms with van der Waals surface area (Å²) in [5, 5.41) is 6.44. The molecule has 0 saturated carbocycles. The van der Waals surface area contributed by atoms with Gasteiger partial charge in [-0.3, -0.25) is 9.59 Å². The van der Waals surface area contributed by atoms with Crippen molar-refractivity contribution in [1.82, 2.24) is 14.7 Å². The lowest BCUT2D eigenvalue weighted by atomic mass is 10.2. The third kappa shape index (κ3) is 5.14. The third-order valence-electron chi connectivity index (χ3n) is 5.47. The number of nitrogens with zero attached hydrogens (tertiary/aromatic N) is 4. The Morgan fingerprint density at radius 3 is 2.52 bits per heavy atom. The van der Waals surface area contributed by atoms with E-state index in [-0.39, 0.29) is 11.5 Å². The normalized spacial score (nSPS) is 14.0. The van der Waals surface area contributed by atoms with Crippen molar-refractivity contribution in [2.24, 2.45) is 0 Å². The van der Waals surface area contributed by atoms with E-state index in [1.165, 1.54) is 4.68 Å². The lowest BCUT2D eigenvalue weighted by Crippen LogP contribution is -2.48. The van der Waals surface area contributed by atoms with E-state index in [9.17, 15) is 9.59 Å². The van der Waals surface area contributed by atoms with E-state index in [0.29, 0.717) is 32.5 Å². The zero-order chi connectivity index (χ0) is 21.6. The van der Waals surface area contributed by atoms with Gasteiger partial charge in [-0.15, -0.1) is 11.3 Å². The number of aryl methyl sites for hydroxylation is 1. The van der Waals surface area contributed by atoms with Crippen LogP contribution in [-0.2, 0) is 11.3 Å². The third-order valence-corrected chi connectivity index (χ3v) is 6.36. The van der Waals surface area contributed by atoms with Gasteiger partial charge in [0.25, 0.3) is 5.56 Å². The highest BCUT2D eigenvalue weighted by atomic mass is 32.1. The molecule has 31 heavy (non-hydrogen) atoms.